The maximum absolute atomic E-state index is 12.4. The SMILES string of the molecule is CC(CN(C(=O)CCc1ccc(OC(F)F)cc1)C1CC1)C(=O)O. The quantitative estimate of drug-likeness (QED) is 0.750. The fourth-order valence-electron chi connectivity index (χ4n) is 2.45. The maximum Gasteiger partial charge on any atom is 0.387 e. The molecule has 1 fully saturated rings. The molecule has 24 heavy (non-hydrogen) atoms. The van der Waals surface area contributed by atoms with E-state index in [1.54, 1.807) is 24.0 Å². The van der Waals surface area contributed by atoms with Crippen LogP contribution >= 0.6 is 0 Å². The molecule has 7 heteroatoms. The van der Waals surface area contributed by atoms with Crippen molar-refractivity contribution in [1.82, 2.24) is 4.90 Å². The second kappa shape index (κ2) is 8.08. The third-order valence-electron chi connectivity index (χ3n) is 3.98. The molecule has 1 amide bonds. The summed E-state index contributed by atoms with van der Waals surface area (Å²) in [5.41, 5.74) is 0.840. The summed E-state index contributed by atoms with van der Waals surface area (Å²) in [6.45, 7) is -1.05. The van der Waals surface area contributed by atoms with Crippen molar-refractivity contribution < 1.29 is 28.2 Å². The van der Waals surface area contributed by atoms with Crippen molar-refractivity contribution in [2.75, 3.05) is 6.54 Å². The lowest BCUT2D eigenvalue weighted by molar-refractivity contribution is -0.143. The molecule has 1 unspecified atom stereocenters. The molecule has 0 aromatic heterocycles. The van der Waals surface area contributed by atoms with Gasteiger partial charge >= 0.3 is 12.6 Å². The molecule has 0 heterocycles. The number of hydrogen-bond acceptors (Lipinski definition) is 3. The van der Waals surface area contributed by atoms with E-state index in [1.807, 2.05) is 0 Å². The van der Waals surface area contributed by atoms with Crippen LogP contribution in [0.5, 0.6) is 5.75 Å². The van der Waals surface area contributed by atoms with Gasteiger partial charge in [-0.2, -0.15) is 8.78 Å². The first-order valence-corrected chi connectivity index (χ1v) is 7.93. The van der Waals surface area contributed by atoms with Gasteiger partial charge in [0.05, 0.1) is 5.92 Å². The Morgan fingerprint density at radius 2 is 1.92 bits per heavy atom. The number of hydrogen-bond donors (Lipinski definition) is 1. The Balaban J connectivity index is 1.87. The molecule has 1 atom stereocenters. The Labute approximate surface area is 139 Å². The summed E-state index contributed by atoms with van der Waals surface area (Å²) in [5.74, 6) is -1.50. The molecule has 0 aliphatic heterocycles. The number of halogens is 2. The molecule has 1 aliphatic carbocycles. The van der Waals surface area contributed by atoms with E-state index < -0.39 is 18.5 Å². The van der Waals surface area contributed by atoms with Crippen LogP contribution in [0.4, 0.5) is 8.78 Å². The van der Waals surface area contributed by atoms with Crippen LogP contribution in [0.25, 0.3) is 0 Å². The minimum absolute atomic E-state index is 0.0708. The Morgan fingerprint density at radius 3 is 2.42 bits per heavy atom. The van der Waals surface area contributed by atoms with Gasteiger partial charge in [0.2, 0.25) is 5.91 Å². The lowest BCUT2D eigenvalue weighted by Gasteiger charge is -2.24. The van der Waals surface area contributed by atoms with E-state index in [1.165, 1.54) is 12.1 Å². The van der Waals surface area contributed by atoms with Crippen molar-refractivity contribution in [1.29, 1.82) is 0 Å². The summed E-state index contributed by atoms with van der Waals surface area (Å²) in [6, 6.07) is 6.33. The number of carbonyl (C=O) groups is 2. The van der Waals surface area contributed by atoms with Crippen LogP contribution in [-0.4, -0.2) is 41.1 Å². The van der Waals surface area contributed by atoms with Crippen LogP contribution < -0.4 is 4.74 Å². The van der Waals surface area contributed by atoms with Crippen molar-refractivity contribution in [3.05, 3.63) is 29.8 Å². The predicted molar refractivity (Wildman–Crippen MR) is 82.9 cm³/mol. The highest BCUT2D eigenvalue weighted by molar-refractivity contribution is 5.78. The summed E-state index contributed by atoms with van der Waals surface area (Å²) < 4.78 is 28.5. The average molecular weight is 341 g/mol. The van der Waals surface area contributed by atoms with E-state index in [9.17, 15) is 18.4 Å². The lowest BCUT2D eigenvalue weighted by atomic mass is 10.1. The number of aryl methyl sites for hydroxylation is 1. The normalized spacial score (nSPS) is 15.2. The van der Waals surface area contributed by atoms with Crippen molar-refractivity contribution in [3.8, 4) is 5.75 Å². The molecular formula is C17H21F2NO4. The summed E-state index contributed by atoms with van der Waals surface area (Å²) >= 11 is 0. The number of nitrogens with zero attached hydrogens (tertiary/aromatic N) is 1. The molecule has 1 aromatic carbocycles. The van der Waals surface area contributed by atoms with Crippen LogP contribution in [-0.2, 0) is 16.0 Å². The van der Waals surface area contributed by atoms with E-state index in [4.69, 9.17) is 5.11 Å². The fourth-order valence-corrected chi connectivity index (χ4v) is 2.45. The maximum atomic E-state index is 12.4. The van der Waals surface area contributed by atoms with Crippen molar-refractivity contribution in [3.63, 3.8) is 0 Å². The summed E-state index contributed by atoms with van der Waals surface area (Å²) in [5, 5.41) is 9.01. The van der Waals surface area contributed by atoms with Crippen molar-refractivity contribution in [2.24, 2.45) is 5.92 Å². The highest BCUT2D eigenvalue weighted by atomic mass is 19.3. The van der Waals surface area contributed by atoms with Gasteiger partial charge in [-0.05, 0) is 37.0 Å². The van der Waals surface area contributed by atoms with Crippen LogP contribution in [0.1, 0.15) is 31.7 Å². The molecule has 0 radical (unpaired) electrons. The minimum Gasteiger partial charge on any atom is -0.481 e. The number of ether oxygens (including phenoxy) is 1. The molecule has 5 nitrogen and oxygen atoms in total. The smallest absolute Gasteiger partial charge is 0.387 e. The van der Waals surface area contributed by atoms with Gasteiger partial charge in [0.15, 0.2) is 0 Å². The second-order valence-electron chi connectivity index (χ2n) is 6.04. The van der Waals surface area contributed by atoms with Gasteiger partial charge < -0.3 is 14.7 Å². The first-order valence-electron chi connectivity index (χ1n) is 7.93. The molecule has 0 bridgehead atoms. The number of rotatable bonds is 9. The Morgan fingerprint density at radius 1 is 1.29 bits per heavy atom. The molecule has 1 aromatic rings. The number of carbonyl (C=O) groups excluding carboxylic acids is 1. The molecular weight excluding hydrogens is 320 g/mol. The molecule has 132 valence electrons. The van der Waals surface area contributed by atoms with E-state index in [2.05, 4.69) is 4.74 Å². The van der Waals surface area contributed by atoms with Gasteiger partial charge in [-0.3, -0.25) is 9.59 Å². The highest BCUT2D eigenvalue weighted by Gasteiger charge is 2.34. The van der Waals surface area contributed by atoms with Gasteiger partial charge in [-0.1, -0.05) is 19.1 Å². The summed E-state index contributed by atoms with van der Waals surface area (Å²) in [4.78, 5) is 25.0. The monoisotopic (exact) mass is 341 g/mol. The molecule has 1 aliphatic rings. The number of alkyl halides is 2. The van der Waals surface area contributed by atoms with E-state index in [-0.39, 0.29) is 30.7 Å². The fraction of sp³-hybridized carbons (Fsp3) is 0.529. The van der Waals surface area contributed by atoms with Crippen LogP contribution in [0.3, 0.4) is 0 Å². The largest absolute Gasteiger partial charge is 0.481 e. The van der Waals surface area contributed by atoms with E-state index >= 15 is 0 Å². The van der Waals surface area contributed by atoms with Crippen LogP contribution in [0, 0.1) is 5.92 Å². The number of aliphatic carboxylic acids is 1. The third kappa shape index (κ3) is 5.47. The minimum atomic E-state index is -2.86. The topological polar surface area (TPSA) is 66.8 Å². The number of carboxylic acids is 1. The highest BCUT2D eigenvalue weighted by Crippen LogP contribution is 2.28. The zero-order valence-corrected chi connectivity index (χ0v) is 13.5. The third-order valence-corrected chi connectivity index (χ3v) is 3.98. The van der Waals surface area contributed by atoms with Crippen molar-refractivity contribution in [2.45, 2.75) is 45.3 Å². The van der Waals surface area contributed by atoms with E-state index in [0.29, 0.717) is 6.42 Å². The standard InChI is InChI=1S/C17H21F2NO4/c1-11(16(22)23)10-20(13-5-6-13)15(21)9-4-12-2-7-14(8-3-12)24-17(18)19/h2-3,7-8,11,13,17H,4-6,9-10H2,1H3,(H,22,23). The molecule has 0 saturated heterocycles. The average Bonchev–Trinajstić information content (AvgIpc) is 3.35. The zero-order valence-electron chi connectivity index (χ0n) is 13.5. The van der Waals surface area contributed by atoms with Gasteiger partial charge in [-0.25, -0.2) is 0 Å². The van der Waals surface area contributed by atoms with Crippen molar-refractivity contribution >= 4 is 11.9 Å². The molecule has 0 spiro atoms. The number of benzene rings is 1. The first-order chi connectivity index (χ1) is 11.4. The van der Waals surface area contributed by atoms with Gasteiger partial charge in [-0.15, -0.1) is 0 Å². The zero-order chi connectivity index (χ0) is 17.7. The van der Waals surface area contributed by atoms with Gasteiger partial charge in [0.25, 0.3) is 0 Å². The Bertz CT molecular complexity index is 572. The molecule has 1 saturated carbocycles. The summed E-state index contributed by atoms with van der Waals surface area (Å²) in [6.07, 6.45) is 2.56. The first kappa shape index (κ1) is 18.2. The number of carboxylic acid groups (broad SMARTS) is 1. The second-order valence-corrected chi connectivity index (χ2v) is 6.04. The lowest BCUT2D eigenvalue weighted by Crippen LogP contribution is -2.38. The van der Waals surface area contributed by atoms with E-state index in [0.717, 1.165) is 18.4 Å². The van der Waals surface area contributed by atoms with Gasteiger partial charge in [0, 0.05) is 19.0 Å². The Kier molecular flexibility index (Phi) is 6.11. The summed E-state index contributed by atoms with van der Waals surface area (Å²) in [7, 11) is 0. The van der Waals surface area contributed by atoms with Crippen LogP contribution in [0.2, 0.25) is 0 Å². The predicted octanol–water partition coefficient (Wildman–Crippen LogP) is 2.93. The van der Waals surface area contributed by atoms with Gasteiger partial charge in [0.1, 0.15) is 5.75 Å². The van der Waals surface area contributed by atoms with Crippen LogP contribution in [0.15, 0.2) is 24.3 Å². The number of amides is 1. The molecule has 2 rings (SSSR count). The molecule has 1 N–H and O–H groups in total. The Hall–Kier alpha value is -2.18.